The van der Waals surface area contributed by atoms with Crippen LogP contribution in [0.2, 0.25) is 0 Å². The lowest BCUT2D eigenvalue weighted by Crippen LogP contribution is -2.25. The summed E-state index contributed by atoms with van der Waals surface area (Å²) in [4.78, 5) is 15.8. The van der Waals surface area contributed by atoms with Crippen molar-refractivity contribution in [3.05, 3.63) is 22.7 Å². The third kappa shape index (κ3) is 2.26. The minimum absolute atomic E-state index is 0.0465. The largest absolute Gasteiger partial charge is 0.365 e. The Morgan fingerprint density at radius 2 is 2.31 bits per heavy atom. The van der Waals surface area contributed by atoms with Crippen molar-refractivity contribution in [2.45, 2.75) is 32.6 Å². The van der Waals surface area contributed by atoms with Crippen LogP contribution in [0.4, 0.5) is 5.82 Å². The Morgan fingerprint density at radius 1 is 1.56 bits per heavy atom. The van der Waals surface area contributed by atoms with Crippen LogP contribution in [0.3, 0.4) is 0 Å². The molecule has 1 aliphatic carbocycles. The van der Waals surface area contributed by atoms with Gasteiger partial charge in [-0.1, -0.05) is 13.3 Å². The maximum atomic E-state index is 11.7. The maximum Gasteiger partial charge on any atom is 0.293 e. The predicted octanol–water partition coefficient (Wildman–Crippen LogP) is 1.77. The highest BCUT2D eigenvalue weighted by Crippen LogP contribution is 2.49. The Bertz CT molecular complexity index is 421. The van der Waals surface area contributed by atoms with Crippen molar-refractivity contribution in [1.82, 2.24) is 9.55 Å². The molecule has 1 N–H and O–H groups in total. The molecule has 1 saturated carbocycles. The van der Waals surface area contributed by atoms with Crippen LogP contribution in [0.25, 0.3) is 0 Å². The van der Waals surface area contributed by atoms with E-state index in [1.54, 1.807) is 24.0 Å². The number of aryl methyl sites for hydroxylation is 1. The molecule has 1 fully saturated rings. The number of anilines is 1. The topological polar surface area (TPSA) is 46.9 Å². The fourth-order valence-corrected chi connectivity index (χ4v) is 2.11. The first-order valence-corrected chi connectivity index (χ1v) is 5.92. The predicted molar refractivity (Wildman–Crippen MR) is 64.5 cm³/mol. The standard InChI is InChI=1S/C12H19N3O/c1-3-4-12(5-6-12)9-14-10-11(16)15(2)8-7-13-10/h7-8H,3-6,9H2,1-2H3,(H,13,14). The molecular weight excluding hydrogens is 202 g/mol. The summed E-state index contributed by atoms with van der Waals surface area (Å²) in [6.07, 6.45) is 8.34. The van der Waals surface area contributed by atoms with Crippen molar-refractivity contribution in [3.8, 4) is 0 Å². The third-order valence-corrected chi connectivity index (χ3v) is 3.39. The van der Waals surface area contributed by atoms with E-state index in [0.29, 0.717) is 11.2 Å². The monoisotopic (exact) mass is 221 g/mol. The van der Waals surface area contributed by atoms with Gasteiger partial charge in [-0.3, -0.25) is 4.79 Å². The summed E-state index contributed by atoms with van der Waals surface area (Å²) in [5.41, 5.74) is 0.395. The van der Waals surface area contributed by atoms with E-state index in [1.165, 1.54) is 25.7 Å². The Hall–Kier alpha value is -1.32. The molecule has 1 aromatic rings. The minimum Gasteiger partial charge on any atom is -0.365 e. The summed E-state index contributed by atoms with van der Waals surface area (Å²) in [6.45, 7) is 3.09. The van der Waals surface area contributed by atoms with Gasteiger partial charge in [-0.05, 0) is 24.7 Å². The maximum absolute atomic E-state index is 11.7. The van der Waals surface area contributed by atoms with E-state index in [-0.39, 0.29) is 5.56 Å². The van der Waals surface area contributed by atoms with Crippen LogP contribution in [0.15, 0.2) is 17.2 Å². The molecular formula is C12H19N3O. The SMILES string of the molecule is CCCC1(CNc2nccn(C)c2=O)CC1. The second-order valence-electron chi connectivity index (χ2n) is 4.80. The molecule has 0 radical (unpaired) electrons. The number of hydrogen-bond acceptors (Lipinski definition) is 3. The fourth-order valence-electron chi connectivity index (χ4n) is 2.11. The zero-order valence-electron chi connectivity index (χ0n) is 9.99. The van der Waals surface area contributed by atoms with E-state index in [1.807, 2.05) is 0 Å². The summed E-state index contributed by atoms with van der Waals surface area (Å²) in [7, 11) is 1.74. The van der Waals surface area contributed by atoms with E-state index in [2.05, 4.69) is 17.2 Å². The molecule has 0 aliphatic heterocycles. The van der Waals surface area contributed by atoms with Crippen LogP contribution in [-0.4, -0.2) is 16.1 Å². The summed E-state index contributed by atoms with van der Waals surface area (Å²) < 4.78 is 1.55. The molecule has 0 unspecified atom stereocenters. The van der Waals surface area contributed by atoms with Gasteiger partial charge >= 0.3 is 0 Å². The van der Waals surface area contributed by atoms with Gasteiger partial charge in [0, 0.05) is 26.0 Å². The first kappa shape index (κ1) is 11.2. The zero-order valence-corrected chi connectivity index (χ0v) is 9.99. The molecule has 16 heavy (non-hydrogen) atoms. The molecule has 1 heterocycles. The van der Waals surface area contributed by atoms with Crippen LogP contribution in [-0.2, 0) is 7.05 Å². The van der Waals surface area contributed by atoms with Crippen molar-refractivity contribution >= 4 is 5.82 Å². The van der Waals surface area contributed by atoms with Crippen LogP contribution < -0.4 is 10.9 Å². The average Bonchev–Trinajstić information content (AvgIpc) is 3.02. The Balaban J connectivity index is 2.00. The molecule has 88 valence electrons. The highest BCUT2D eigenvalue weighted by molar-refractivity contribution is 5.31. The Morgan fingerprint density at radius 3 is 2.94 bits per heavy atom. The zero-order chi connectivity index (χ0) is 11.6. The van der Waals surface area contributed by atoms with Gasteiger partial charge in [-0.2, -0.15) is 0 Å². The lowest BCUT2D eigenvalue weighted by atomic mass is 10.0. The second kappa shape index (κ2) is 4.28. The molecule has 0 atom stereocenters. The van der Waals surface area contributed by atoms with Crippen molar-refractivity contribution in [2.75, 3.05) is 11.9 Å². The van der Waals surface area contributed by atoms with Crippen molar-refractivity contribution in [1.29, 1.82) is 0 Å². The first-order chi connectivity index (χ1) is 7.67. The van der Waals surface area contributed by atoms with Crippen molar-refractivity contribution < 1.29 is 0 Å². The molecule has 4 heteroatoms. The highest BCUT2D eigenvalue weighted by Gasteiger charge is 2.41. The number of nitrogens with one attached hydrogen (secondary N) is 1. The molecule has 0 spiro atoms. The van der Waals surface area contributed by atoms with E-state index >= 15 is 0 Å². The van der Waals surface area contributed by atoms with E-state index in [9.17, 15) is 4.79 Å². The third-order valence-electron chi connectivity index (χ3n) is 3.39. The lowest BCUT2D eigenvalue weighted by Gasteiger charge is -2.14. The van der Waals surface area contributed by atoms with Crippen molar-refractivity contribution in [3.63, 3.8) is 0 Å². The summed E-state index contributed by atoms with van der Waals surface area (Å²) in [5.74, 6) is 0.479. The quantitative estimate of drug-likeness (QED) is 0.824. The average molecular weight is 221 g/mol. The number of rotatable bonds is 5. The molecule has 2 rings (SSSR count). The Kier molecular flexibility index (Phi) is 2.99. The smallest absolute Gasteiger partial charge is 0.293 e. The van der Waals surface area contributed by atoms with Gasteiger partial charge in [0.15, 0.2) is 5.82 Å². The van der Waals surface area contributed by atoms with Crippen LogP contribution >= 0.6 is 0 Å². The van der Waals surface area contributed by atoms with Crippen LogP contribution in [0, 0.1) is 5.41 Å². The highest BCUT2D eigenvalue weighted by atomic mass is 16.1. The summed E-state index contributed by atoms with van der Waals surface area (Å²) >= 11 is 0. The number of nitrogens with zero attached hydrogens (tertiary/aromatic N) is 2. The lowest BCUT2D eigenvalue weighted by molar-refractivity contribution is 0.484. The number of aromatic nitrogens is 2. The second-order valence-corrected chi connectivity index (χ2v) is 4.80. The van der Waals surface area contributed by atoms with E-state index in [0.717, 1.165) is 6.54 Å². The van der Waals surface area contributed by atoms with Gasteiger partial charge in [0.05, 0.1) is 0 Å². The summed E-state index contributed by atoms with van der Waals surface area (Å²) in [5, 5.41) is 3.20. The van der Waals surface area contributed by atoms with Crippen LogP contribution in [0.5, 0.6) is 0 Å². The number of hydrogen-bond donors (Lipinski definition) is 1. The van der Waals surface area contributed by atoms with Gasteiger partial charge < -0.3 is 9.88 Å². The minimum atomic E-state index is -0.0465. The summed E-state index contributed by atoms with van der Waals surface area (Å²) in [6, 6.07) is 0. The molecule has 0 amide bonds. The van der Waals surface area contributed by atoms with Gasteiger partial charge in [-0.25, -0.2) is 4.98 Å². The normalized spacial score (nSPS) is 17.1. The fraction of sp³-hybridized carbons (Fsp3) is 0.667. The van der Waals surface area contributed by atoms with Gasteiger partial charge in [0.25, 0.3) is 5.56 Å². The van der Waals surface area contributed by atoms with Gasteiger partial charge in [-0.15, -0.1) is 0 Å². The first-order valence-electron chi connectivity index (χ1n) is 5.92. The Labute approximate surface area is 95.7 Å². The molecule has 1 aromatic heterocycles. The molecule has 0 bridgehead atoms. The molecule has 0 saturated heterocycles. The van der Waals surface area contributed by atoms with Gasteiger partial charge in [0.1, 0.15) is 0 Å². The molecule has 1 aliphatic rings. The van der Waals surface area contributed by atoms with Crippen LogP contribution in [0.1, 0.15) is 32.6 Å². The van der Waals surface area contributed by atoms with E-state index in [4.69, 9.17) is 0 Å². The van der Waals surface area contributed by atoms with Crippen molar-refractivity contribution in [2.24, 2.45) is 12.5 Å². The molecule has 4 nitrogen and oxygen atoms in total. The van der Waals surface area contributed by atoms with Gasteiger partial charge in [0.2, 0.25) is 0 Å². The molecule has 0 aromatic carbocycles. The van der Waals surface area contributed by atoms with E-state index < -0.39 is 0 Å².